The van der Waals surface area contributed by atoms with Crippen molar-refractivity contribution in [3.63, 3.8) is 0 Å². The Balaban J connectivity index is 1.75. The molecule has 1 heterocycles. The molecule has 0 aliphatic carbocycles. The van der Waals surface area contributed by atoms with Crippen LogP contribution in [0.3, 0.4) is 0 Å². The van der Waals surface area contributed by atoms with Crippen LogP contribution >= 0.6 is 11.6 Å². The second-order valence-electron chi connectivity index (χ2n) is 6.76. The molecule has 0 saturated heterocycles. The number of halogens is 1. The van der Waals surface area contributed by atoms with Gasteiger partial charge in [-0.1, -0.05) is 41.9 Å². The average molecular weight is 406 g/mol. The quantitative estimate of drug-likeness (QED) is 0.795. The van der Waals surface area contributed by atoms with Crippen molar-refractivity contribution in [2.24, 2.45) is 0 Å². The van der Waals surface area contributed by atoms with Crippen molar-refractivity contribution in [1.82, 2.24) is 0 Å². The third-order valence-electron chi connectivity index (χ3n) is 4.42. The van der Waals surface area contributed by atoms with E-state index in [1.165, 1.54) is 5.41 Å². The van der Waals surface area contributed by atoms with Crippen molar-refractivity contribution in [3.05, 3.63) is 76.7 Å². The van der Waals surface area contributed by atoms with Gasteiger partial charge in [0.25, 0.3) is 5.91 Å². The molecule has 0 saturated carbocycles. The minimum Gasteiger partial charge on any atom is -0.326 e. The van der Waals surface area contributed by atoms with Gasteiger partial charge in [-0.3, -0.25) is 9.69 Å². The van der Waals surface area contributed by atoms with Crippen molar-refractivity contribution < 1.29 is 18.1 Å². The fraction of sp³-hybridized carbons (Fsp3) is 0.250. The van der Waals surface area contributed by atoms with Gasteiger partial charge in [0.1, 0.15) is 6.54 Å². The molecule has 142 valence electrons. The zero-order valence-electron chi connectivity index (χ0n) is 15.0. The summed E-state index contributed by atoms with van der Waals surface area (Å²) in [5, 5.41) is 1.88. The van der Waals surface area contributed by atoms with E-state index in [0.717, 1.165) is 10.5 Å². The van der Waals surface area contributed by atoms with Crippen LogP contribution in [-0.4, -0.2) is 39.7 Å². The summed E-state index contributed by atoms with van der Waals surface area (Å²) in [4.78, 5) is 15.6. The van der Waals surface area contributed by atoms with Crippen molar-refractivity contribution in [2.75, 3.05) is 24.2 Å². The molecular weight excluding hydrogens is 384 g/mol. The number of quaternary nitrogens is 1. The molecule has 2 atom stereocenters. The summed E-state index contributed by atoms with van der Waals surface area (Å²) in [5.74, 6) is -0.191. The standard InChI is InChI=1S/C20H21ClN2O3S/c1-22(13-16-7-9-17(21)10-8-16)14-20(24)23(18-5-3-2-4-6-18)19-11-12-27(25,26)15-19/h2-12,19H,13-15H2,1H3/p+1/t19-/m0/s1. The zero-order valence-corrected chi connectivity index (χ0v) is 16.6. The molecule has 7 heteroatoms. The largest absolute Gasteiger partial charge is 0.326 e. The first-order valence-electron chi connectivity index (χ1n) is 8.68. The molecule has 3 rings (SSSR count). The van der Waals surface area contributed by atoms with E-state index in [9.17, 15) is 13.2 Å². The Morgan fingerprint density at radius 3 is 2.41 bits per heavy atom. The average Bonchev–Trinajstić information content (AvgIpc) is 2.97. The molecule has 0 radical (unpaired) electrons. The number of carbonyl (C=O) groups excluding carboxylic acids is 1. The van der Waals surface area contributed by atoms with Gasteiger partial charge in [0, 0.05) is 21.7 Å². The normalized spacial score (nSPS) is 19.0. The number of nitrogens with zero attached hydrogens (tertiary/aromatic N) is 1. The first-order chi connectivity index (χ1) is 12.8. The molecule has 1 aliphatic heterocycles. The van der Waals surface area contributed by atoms with Crippen molar-refractivity contribution in [2.45, 2.75) is 12.6 Å². The summed E-state index contributed by atoms with van der Waals surface area (Å²) in [6, 6.07) is 16.3. The lowest BCUT2D eigenvalue weighted by atomic mass is 10.2. The number of likely N-dealkylation sites (N-methyl/N-ethyl adjacent to an activating group) is 1. The number of carbonyl (C=O) groups is 1. The molecule has 1 unspecified atom stereocenters. The van der Waals surface area contributed by atoms with E-state index in [1.807, 2.05) is 61.6 Å². The molecule has 0 bridgehead atoms. The summed E-state index contributed by atoms with van der Waals surface area (Å²) in [6.45, 7) is 0.923. The fourth-order valence-corrected chi connectivity index (χ4v) is 4.58. The summed E-state index contributed by atoms with van der Waals surface area (Å²) in [5.41, 5.74) is 1.79. The number of rotatable bonds is 6. The fourth-order valence-electron chi connectivity index (χ4n) is 3.19. The van der Waals surface area contributed by atoms with E-state index in [-0.39, 0.29) is 18.2 Å². The molecule has 0 fully saturated rings. The molecule has 1 amide bonds. The highest BCUT2D eigenvalue weighted by atomic mass is 35.5. The van der Waals surface area contributed by atoms with Crippen LogP contribution in [0.1, 0.15) is 5.56 Å². The number of hydrogen-bond acceptors (Lipinski definition) is 3. The van der Waals surface area contributed by atoms with Gasteiger partial charge in [-0.15, -0.1) is 0 Å². The number of hydrogen-bond donors (Lipinski definition) is 1. The van der Waals surface area contributed by atoms with Crippen LogP contribution in [0.4, 0.5) is 5.69 Å². The van der Waals surface area contributed by atoms with Gasteiger partial charge in [-0.25, -0.2) is 8.42 Å². The highest BCUT2D eigenvalue weighted by Gasteiger charge is 2.32. The Morgan fingerprint density at radius 2 is 1.81 bits per heavy atom. The van der Waals surface area contributed by atoms with Crippen LogP contribution in [-0.2, 0) is 21.2 Å². The second-order valence-corrected chi connectivity index (χ2v) is 9.13. The van der Waals surface area contributed by atoms with Crippen LogP contribution in [0.2, 0.25) is 5.02 Å². The van der Waals surface area contributed by atoms with Crippen molar-refractivity contribution in [3.8, 4) is 0 Å². The van der Waals surface area contributed by atoms with Gasteiger partial charge in [0.15, 0.2) is 16.4 Å². The summed E-state index contributed by atoms with van der Waals surface area (Å²) < 4.78 is 23.7. The molecule has 2 aromatic rings. The van der Waals surface area contributed by atoms with E-state index in [0.29, 0.717) is 17.3 Å². The predicted molar refractivity (Wildman–Crippen MR) is 108 cm³/mol. The number of amides is 1. The van der Waals surface area contributed by atoms with Gasteiger partial charge in [-0.2, -0.15) is 0 Å². The maximum absolute atomic E-state index is 13.1. The van der Waals surface area contributed by atoms with E-state index in [2.05, 4.69) is 0 Å². The van der Waals surface area contributed by atoms with Gasteiger partial charge >= 0.3 is 0 Å². The Labute approximate surface area is 164 Å². The van der Waals surface area contributed by atoms with Crippen LogP contribution in [0, 0.1) is 0 Å². The predicted octanol–water partition coefficient (Wildman–Crippen LogP) is 1.70. The first kappa shape index (κ1) is 19.6. The molecule has 5 nitrogen and oxygen atoms in total. The zero-order chi connectivity index (χ0) is 19.4. The second kappa shape index (κ2) is 8.25. The molecule has 1 aliphatic rings. The SMILES string of the molecule is C[NH+](CC(=O)N(c1ccccc1)[C@H]1C=CS(=O)(=O)C1)Cc1ccc(Cl)cc1. The molecule has 27 heavy (non-hydrogen) atoms. The minimum atomic E-state index is -3.26. The van der Waals surface area contributed by atoms with Crippen LogP contribution in [0.15, 0.2) is 66.1 Å². The first-order valence-corrected chi connectivity index (χ1v) is 10.8. The molecule has 0 spiro atoms. The van der Waals surface area contributed by atoms with Gasteiger partial charge in [0.05, 0.1) is 18.8 Å². The summed E-state index contributed by atoms with van der Waals surface area (Å²) >= 11 is 5.91. The smallest absolute Gasteiger partial charge is 0.282 e. The Morgan fingerprint density at radius 1 is 1.15 bits per heavy atom. The van der Waals surface area contributed by atoms with Crippen LogP contribution in [0.25, 0.3) is 0 Å². The third kappa shape index (κ3) is 5.19. The molecular formula is C20H22ClN2O3S+. The van der Waals surface area contributed by atoms with Gasteiger partial charge in [-0.05, 0) is 30.3 Å². The number of sulfone groups is 1. The number of nitrogens with one attached hydrogen (secondary N) is 1. The monoisotopic (exact) mass is 405 g/mol. The molecule has 1 N–H and O–H groups in total. The maximum atomic E-state index is 13.1. The van der Waals surface area contributed by atoms with Gasteiger partial charge in [0.2, 0.25) is 0 Å². The summed E-state index contributed by atoms with van der Waals surface area (Å²) in [6.07, 6.45) is 1.59. The Hall–Kier alpha value is -2.15. The summed E-state index contributed by atoms with van der Waals surface area (Å²) in [7, 11) is -1.32. The lowest BCUT2D eigenvalue weighted by molar-refractivity contribution is -0.885. The molecule has 0 aromatic heterocycles. The van der Waals surface area contributed by atoms with E-state index in [1.54, 1.807) is 11.0 Å². The topological polar surface area (TPSA) is 58.9 Å². The highest BCUT2D eigenvalue weighted by Crippen LogP contribution is 2.22. The minimum absolute atomic E-state index is 0.0795. The van der Waals surface area contributed by atoms with Crippen molar-refractivity contribution >= 4 is 33.0 Å². The van der Waals surface area contributed by atoms with E-state index >= 15 is 0 Å². The number of benzene rings is 2. The third-order valence-corrected chi connectivity index (χ3v) is 6.05. The lowest BCUT2D eigenvalue weighted by Gasteiger charge is -2.28. The Bertz CT molecular complexity index is 927. The number of para-hydroxylation sites is 1. The lowest BCUT2D eigenvalue weighted by Crippen LogP contribution is -3.09. The Kier molecular flexibility index (Phi) is 5.99. The number of anilines is 1. The van der Waals surface area contributed by atoms with E-state index < -0.39 is 15.9 Å². The van der Waals surface area contributed by atoms with Crippen LogP contribution in [0.5, 0.6) is 0 Å². The molecule has 2 aromatic carbocycles. The van der Waals surface area contributed by atoms with Crippen LogP contribution < -0.4 is 9.80 Å². The highest BCUT2D eigenvalue weighted by molar-refractivity contribution is 7.94. The van der Waals surface area contributed by atoms with Gasteiger partial charge < -0.3 is 4.90 Å². The maximum Gasteiger partial charge on any atom is 0.282 e. The van der Waals surface area contributed by atoms with Crippen molar-refractivity contribution in [1.29, 1.82) is 0 Å². The van der Waals surface area contributed by atoms with E-state index in [4.69, 9.17) is 11.6 Å².